The molecule has 144 valence electrons. The van der Waals surface area contributed by atoms with E-state index >= 15 is 0 Å². The molecule has 3 rings (SSSR count). The minimum Gasteiger partial charge on any atom is -0.374 e. The normalized spacial score (nSPS) is 17.8. The van der Waals surface area contributed by atoms with Crippen LogP contribution < -0.4 is 5.32 Å². The molecule has 2 heterocycles. The Morgan fingerprint density at radius 3 is 2.89 bits per heavy atom. The Morgan fingerprint density at radius 2 is 2.11 bits per heavy atom. The lowest BCUT2D eigenvalue weighted by Crippen LogP contribution is -2.48. The van der Waals surface area contributed by atoms with Crippen LogP contribution in [0, 0.1) is 5.92 Å². The average molecular weight is 386 g/mol. The summed E-state index contributed by atoms with van der Waals surface area (Å²) in [5, 5.41) is 3.74. The minimum absolute atomic E-state index is 0.0309. The van der Waals surface area contributed by atoms with Crippen LogP contribution in [-0.2, 0) is 4.74 Å². The van der Waals surface area contributed by atoms with Crippen molar-refractivity contribution in [2.45, 2.75) is 29.9 Å². The first kappa shape index (κ1) is 19.9. The molecular formula is C21H27N3O2S. The van der Waals surface area contributed by atoms with Crippen molar-refractivity contribution in [1.29, 1.82) is 0 Å². The second-order valence-corrected chi connectivity index (χ2v) is 8.19. The van der Waals surface area contributed by atoms with Crippen molar-refractivity contribution in [1.82, 2.24) is 15.2 Å². The van der Waals surface area contributed by atoms with Crippen LogP contribution in [0.2, 0.25) is 0 Å². The van der Waals surface area contributed by atoms with E-state index in [2.05, 4.69) is 29.0 Å². The molecule has 1 amide bonds. The van der Waals surface area contributed by atoms with Crippen molar-refractivity contribution in [3.05, 3.63) is 54.2 Å². The zero-order chi connectivity index (χ0) is 19.1. The molecule has 1 unspecified atom stereocenters. The third-order valence-corrected chi connectivity index (χ3v) is 5.34. The van der Waals surface area contributed by atoms with E-state index in [1.165, 1.54) is 11.8 Å². The summed E-state index contributed by atoms with van der Waals surface area (Å²) in [6, 6.07) is 13.6. The molecule has 0 saturated carbocycles. The van der Waals surface area contributed by atoms with Gasteiger partial charge in [-0.15, -0.1) is 0 Å². The summed E-state index contributed by atoms with van der Waals surface area (Å²) in [7, 11) is 0. The van der Waals surface area contributed by atoms with Gasteiger partial charge in [-0.3, -0.25) is 9.69 Å². The van der Waals surface area contributed by atoms with Gasteiger partial charge in [0.2, 0.25) is 0 Å². The lowest BCUT2D eigenvalue weighted by atomic mass is 10.1. The first-order valence-electron chi connectivity index (χ1n) is 9.42. The maximum atomic E-state index is 12.7. The van der Waals surface area contributed by atoms with Crippen molar-refractivity contribution >= 4 is 17.7 Å². The summed E-state index contributed by atoms with van der Waals surface area (Å²) in [5.41, 5.74) is 0.598. The number of amides is 1. The standard InChI is InChI=1S/C21H27N3O2S/c1-16(2)14-24-11-12-26-17(15-24)13-23-20(25)19-9-6-10-22-21(19)27-18-7-4-3-5-8-18/h3-10,16-17H,11-15H2,1-2H3,(H,23,25). The number of aromatic nitrogens is 1. The fourth-order valence-corrected chi connectivity index (χ4v) is 4.03. The van der Waals surface area contributed by atoms with Crippen LogP contribution in [0.3, 0.4) is 0 Å². The van der Waals surface area contributed by atoms with Gasteiger partial charge in [-0.25, -0.2) is 4.98 Å². The molecule has 2 aromatic rings. The Morgan fingerprint density at radius 1 is 1.30 bits per heavy atom. The minimum atomic E-state index is -0.105. The van der Waals surface area contributed by atoms with Gasteiger partial charge in [-0.1, -0.05) is 43.8 Å². The van der Waals surface area contributed by atoms with Crippen LogP contribution in [0.5, 0.6) is 0 Å². The number of ether oxygens (including phenoxy) is 1. The number of hydrogen-bond donors (Lipinski definition) is 1. The van der Waals surface area contributed by atoms with Crippen molar-refractivity contribution in [3.63, 3.8) is 0 Å². The van der Waals surface area contributed by atoms with Crippen LogP contribution >= 0.6 is 11.8 Å². The highest BCUT2D eigenvalue weighted by Gasteiger charge is 2.22. The Bertz CT molecular complexity index is 739. The van der Waals surface area contributed by atoms with E-state index < -0.39 is 0 Å². The number of morpholine rings is 1. The van der Waals surface area contributed by atoms with Crippen LogP contribution in [0.4, 0.5) is 0 Å². The molecule has 1 N–H and O–H groups in total. The molecule has 1 aliphatic heterocycles. The molecule has 0 aliphatic carbocycles. The van der Waals surface area contributed by atoms with Crippen LogP contribution in [0.1, 0.15) is 24.2 Å². The number of pyridine rings is 1. The van der Waals surface area contributed by atoms with Crippen molar-refractivity contribution in [2.75, 3.05) is 32.8 Å². The molecule has 6 heteroatoms. The summed E-state index contributed by atoms with van der Waals surface area (Å²) in [4.78, 5) is 20.6. The molecule has 1 fully saturated rings. The van der Waals surface area contributed by atoms with E-state index in [1.54, 1.807) is 12.3 Å². The van der Waals surface area contributed by atoms with Crippen molar-refractivity contribution < 1.29 is 9.53 Å². The number of hydrogen-bond acceptors (Lipinski definition) is 5. The summed E-state index contributed by atoms with van der Waals surface area (Å²) in [6.07, 6.45) is 1.75. The molecule has 1 saturated heterocycles. The van der Waals surface area contributed by atoms with Crippen LogP contribution in [0.25, 0.3) is 0 Å². The summed E-state index contributed by atoms with van der Waals surface area (Å²) < 4.78 is 5.82. The van der Waals surface area contributed by atoms with E-state index in [1.807, 2.05) is 36.4 Å². The highest BCUT2D eigenvalue weighted by Crippen LogP contribution is 2.28. The van der Waals surface area contributed by atoms with Gasteiger partial charge in [0.15, 0.2) is 0 Å². The molecule has 1 aromatic heterocycles. The lowest BCUT2D eigenvalue weighted by molar-refractivity contribution is -0.0295. The van der Waals surface area contributed by atoms with Gasteiger partial charge >= 0.3 is 0 Å². The Kier molecular flexibility index (Phi) is 7.26. The van der Waals surface area contributed by atoms with Crippen LogP contribution in [-0.4, -0.2) is 54.7 Å². The SMILES string of the molecule is CC(C)CN1CCOC(CNC(=O)c2cccnc2Sc2ccccc2)C1. The predicted octanol–water partition coefficient (Wildman–Crippen LogP) is 3.32. The zero-order valence-electron chi connectivity index (χ0n) is 15.9. The van der Waals surface area contributed by atoms with Gasteiger partial charge < -0.3 is 10.1 Å². The molecule has 1 atom stereocenters. The largest absolute Gasteiger partial charge is 0.374 e. The molecule has 0 spiro atoms. The maximum absolute atomic E-state index is 12.7. The second kappa shape index (κ2) is 9.88. The second-order valence-electron chi connectivity index (χ2n) is 7.13. The number of nitrogens with one attached hydrogen (secondary N) is 1. The third-order valence-electron chi connectivity index (χ3n) is 4.31. The Balaban J connectivity index is 1.58. The first-order chi connectivity index (χ1) is 13.1. The molecule has 1 aromatic carbocycles. The smallest absolute Gasteiger partial charge is 0.254 e. The van der Waals surface area contributed by atoms with Gasteiger partial charge in [0.05, 0.1) is 18.3 Å². The number of benzene rings is 1. The third kappa shape index (κ3) is 6.06. The van der Waals surface area contributed by atoms with E-state index in [9.17, 15) is 4.79 Å². The fraction of sp³-hybridized carbons (Fsp3) is 0.429. The van der Waals surface area contributed by atoms with Crippen LogP contribution in [0.15, 0.2) is 58.6 Å². The Labute approximate surface area is 165 Å². The van der Waals surface area contributed by atoms with Gasteiger partial charge in [0, 0.05) is 37.3 Å². The summed E-state index contributed by atoms with van der Waals surface area (Å²) in [6.45, 7) is 8.56. The molecular weight excluding hydrogens is 358 g/mol. The number of carbonyl (C=O) groups excluding carboxylic acids is 1. The fourth-order valence-electron chi connectivity index (χ4n) is 3.13. The number of carbonyl (C=O) groups is 1. The zero-order valence-corrected chi connectivity index (χ0v) is 16.7. The van der Waals surface area contributed by atoms with E-state index in [0.717, 1.165) is 31.1 Å². The number of rotatable bonds is 7. The first-order valence-corrected chi connectivity index (χ1v) is 10.2. The molecule has 0 radical (unpaired) electrons. The maximum Gasteiger partial charge on any atom is 0.254 e. The summed E-state index contributed by atoms with van der Waals surface area (Å²) in [5.74, 6) is 0.525. The monoisotopic (exact) mass is 385 g/mol. The number of nitrogens with zero attached hydrogens (tertiary/aromatic N) is 2. The van der Waals surface area contributed by atoms with Gasteiger partial charge in [-0.05, 0) is 30.2 Å². The van der Waals surface area contributed by atoms with Crippen molar-refractivity contribution in [2.24, 2.45) is 5.92 Å². The van der Waals surface area contributed by atoms with E-state index in [4.69, 9.17) is 4.74 Å². The highest BCUT2D eigenvalue weighted by molar-refractivity contribution is 7.99. The predicted molar refractivity (Wildman–Crippen MR) is 108 cm³/mol. The highest BCUT2D eigenvalue weighted by atomic mass is 32.2. The summed E-state index contributed by atoms with van der Waals surface area (Å²) >= 11 is 1.50. The molecule has 0 bridgehead atoms. The van der Waals surface area contributed by atoms with Crippen molar-refractivity contribution in [3.8, 4) is 0 Å². The van der Waals surface area contributed by atoms with E-state index in [-0.39, 0.29) is 12.0 Å². The topological polar surface area (TPSA) is 54.5 Å². The molecule has 27 heavy (non-hydrogen) atoms. The van der Waals surface area contributed by atoms with Gasteiger partial charge in [0.25, 0.3) is 5.91 Å². The molecule has 1 aliphatic rings. The quantitative estimate of drug-likeness (QED) is 0.792. The lowest BCUT2D eigenvalue weighted by Gasteiger charge is -2.34. The van der Waals surface area contributed by atoms with Gasteiger partial charge in [0.1, 0.15) is 5.03 Å². The van der Waals surface area contributed by atoms with Gasteiger partial charge in [-0.2, -0.15) is 0 Å². The Hall–Kier alpha value is -1.89. The average Bonchev–Trinajstić information content (AvgIpc) is 2.67. The molecule has 5 nitrogen and oxygen atoms in total. The van der Waals surface area contributed by atoms with E-state index in [0.29, 0.717) is 23.1 Å².